The number of carbonyl (C=O) groups excluding carboxylic acids is 2. The molecule has 0 aromatic carbocycles. The molecule has 4 rings (SSSR count). The number of anilines is 1. The first-order chi connectivity index (χ1) is 16.3. The van der Waals surface area contributed by atoms with E-state index in [1.165, 1.54) is 40.2 Å². The van der Waals surface area contributed by atoms with Crippen LogP contribution in [0.15, 0.2) is 31.7 Å². The van der Waals surface area contributed by atoms with Crippen LogP contribution in [0.5, 0.6) is 0 Å². The number of hydrogen-bond acceptors (Lipinski definition) is 13. The smallest absolute Gasteiger partial charge is 0.407 e. The molecule has 2 atom stereocenters. The monoisotopic (exact) mass is 549 g/mol. The summed E-state index contributed by atoms with van der Waals surface area (Å²) in [7, 11) is 0. The van der Waals surface area contributed by atoms with Crippen LogP contribution in [0.3, 0.4) is 0 Å². The topological polar surface area (TPSA) is 173 Å². The number of aliphatic carboxylic acids is 1. The first-order valence-corrected chi connectivity index (χ1v) is 12.9. The van der Waals surface area contributed by atoms with E-state index in [1.54, 1.807) is 5.51 Å². The summed E-state index contributed by atoms with van der Waals surface area (Å²) in [4.78, 5) is 46.3. The second kappa shape index (κ2) is 10.2. The number of rotatable bonds is 9. The third kappa shape index (κ3) is 4.98. The van der Waals surface area contributed by atoms with Crippen LogP contribution in [0.1, 0.15) is 5.69 Å². The molecule has 180 valence electrons. The molecule has 34 heavy (non-hydrogen) atoms. The highest BCUT2D eigenvalue weighted by atomic mass is 32.2. The number of β-lactam (4-membered cyclic amide) rings is 1. The zero-order valence-corrected chi connectivity index (χ0v) is 19.8. The Morgan fingerprint density at radius 2 is 2.24 bits per heavy atom. The fourth-order valence-electron chi connectivity index (χ4n) is 3.07. The standard InChI is InChI=1S/C16H13F2N7O5S4/c17-14(18)30-24-7(6-3-32-15(19)21-6)10(26)22-8-11(27)25-9(13(28)29)5(1-31-12(8)25)2-33-16-23-20-4-34-16/h3-4,8,12,14H,1-2H2,(H2,19,21)(H,22,26)(H,28,29)/t8?,12-/m0/s1. The summed E-state index contributed by atoms with van der Waals surface area (Å²) < 4.78 is 25.6. The number of amides is 2. The van der Waals surface area contributed by atoms with Crippen molar-refractivity contribution in [2.45, 2.75) is 22.4 Å². The Hall–Kier alpha value is -2.83. The average molecular weight is 550 g/mol. The molecular formula is C16H13F2N7O5S4. The van der Waals surface area contributed by atoms with Crippen LogP contribution in [0, 0.1) is 0 Å². The predicted molar refractivity (Wildman–Crippen MR) is 120 cm³/mol. The third-order valence-electron chi connectivity index (χ3n) is 4.45. The van der Waals surface area contributed by atoms with E-state index in [4.69, 9.17) is 5.73 Å². The summed E-state index contributed by atoms with van der Waals surface area (Å²) in [5.74, 6) is -2.34. The lowest BCUT2D eigenvalue weighted by Gasteiger charge is -2.49. The number of nitrogens with zero attached hydrogens (tertiary/aromatic N) is 5. The molecule has 2 aliphatic rings. The Balaban J connectivity index is 1.50. The lowest BCUT2D eigenvalue weighted by atomic mass is 10.0. The van der Waals surface area contributed by atoms with Gasteiger partial charge in [-0.3, -0.25) is 14.5 Å². The van der Waals surface area contributed by atoms with Crippen molar-refractivity contribution in [3.05, 3.63) is 27.9 Å². The number of oxime groups is 1. The highest BCUT2D eigenvalue weighted by Gasteiger charge is 2.54. The van der Waals surface area contributed by atoms with E-state index < -0.39 is 41.5 Å². The summed E-state index contributed by atoms with van der Waals surface area (Å²) in [6.45, 7) is -3.28. The molecule has 1 fully saturated rings. The maximum Gasteiger partial charge on any atom is 0.407 e. The van der Waals surface area contributed by atoms with Crippen molar-refractivity contribution in [3.63, 3.8) is 0 Å². The van der Waals surface area contributed by atoms with Gasteiger partial charge in [-0.25, -0.2) is 9.78 Å². The Labute approximate surface area is 205 Å². The van der Waals surface area contributed by atoms with E-state index in [-0.39, 0.29) is 16.5 Å². The highest BCUT2D eigenvalue weighted by molar-refractivity contribution is 8.01. The molecule has 2 aliphatic heterocycles. The number of nitrogens with one attached hydrogen (secondary N) is 1. The van der Waals surface area contributed by atoms with Crippen molar-refractivity contribution in [1.29, 1.82) is 0 Å². The lowest BCUT2D eigenvalue weighted by Crippen LogP contribution is -2.71. The predicted octanol–water partition coefficient (Wildman–Crippen LogP) is 1.05. The van der Waals surface area contributed by atoms with Gasteiger partial charge in [0.25, 0.3) is 11.8 Å². The van der Waals surface area contributed by atoms with Gasteiger partial charge >= 0.3 is 12.6 Å². The summed E-state index contributed by atoms with van der Waals surface area (Å²) in [5, 5.41) is 23.6. The molecule has 2 aromatic heterocycles. The zero-order valence-electron chi connectivity index (χ0n) is 16.6. The molecule has 1 saturated heterocycles. The molecule has 12 nitrogen and oxygen atoms in total. The van der Waals surface area contributed by atoms with Gasteiger partial charge < -0.3 is 21.0 Å². The second-order valence-electron chi connectivity index (χ2n) is 6.49. The molecule has 0 bridgehead atoms. The molecule has 18 heteroatoms. The highest BCUT2D eigenvalue weighted by Crippen LogP contribution is 2.41. The van der Waals surface area contributed by atoms with Crippen LogP contribution >= 0.6 is 46.2 Å². The molecule has 2 amide bonds. The minimum Gasteiger partial charge on any atom is -0.477 e. The number of thioether (sulfide) groups is 2. The van der Waals surface area contributed by atoms with Crippen LogP contribution < -0.4 is 11.1 Å². The molecule has 2 aromatic rings. The quantitative estimate of drug-likeness (QED) is 0.177. The fourth-order valence-corrected chi connectivity index (χ4v) is 6.59. The molecular weight excluding hydrogens is 536 g/mol. The van der Waals surface area contributed by atoms with Gasteiger partial charge in [0, 0.05) is 16.9 Å². The van der Waals surface area contributed by atoms with Crippen LogP contribution in [-0.2, 0) is 19.2 Å². The van der Waals surface area contributed by atoms with Crippen molar-refractivity contribution in [1.82, 2.24) is 25.4 Å². The van der Waals surface area contributed by atoms with Gasteiger partial charge in [0.1, 0.15) is 28.3 Å². The zero-order chi connectivity index (χ0) is 24.4. The van der Waals surface area contributed by atoms with E-state index in [2.05, 4.69) is 30.5 Å². The minimum atomic E-state index is -3.28. The molecule has 0 saturated carbocycles. The number of fused-ring (bicyclic) bond motifs is 1. The van der Waals surface area contributed by atoms with Gasteiger partial charge in [0.05, 0.1) is 0 Å². The summed E-state index contributed by atoms with van der Waals surface area (Å²) in [6, 6.07) is -1.10. The molecule has 4 heterocycles. The van der Waals surface area contributed by atoms with E-state index >= 15 is 0 Å². The number of carboxylic acids is 1. The lowest BCUT2D eigenvalue weighted by molar-refractivity contribution is -0.150. The summed E-state index contributed by atoms with van der Waals surface area (Å²) >= 11 is 4.82. The molecule has 1 unspecified atom stereocenters. The van der Waals surface area contributed by atoms with Crippen LogP contribution in [0.2, 0.25) is 0 Å². The van der Waals surface area contributed by atoms with Crippen molar-refractivity contribution in [2.75, 3.05) is 17.2 Å². The van der Waals surface area contributed by atoms with E-state index in [0.29, 0.717) is 21.4 Å². The third-order valence-corrected chi connectivity index (χ3v) is 8.41. The maximum atomic E-state index is 12.8. The van der Waals surface area contributed by atoms with Gasteiger partial charge in [-0.15, -0.1) is 33.3 Å². The van der Waals surface area contributed by atoms with Gasteiger partial charge in [0.2, 0.25) is 0 Å². The SMILES string of the molecule is Nc1nc(C(=NOC(F)F)C(=O)NC2C(=O)N3C(C(=O)O)=C(CSc4nncs4)CS[C@@H]23)cs1. The van der Waals surface area contributed by atoms with Gasteiger partial charge in [-0.05, 0) is 5.57 Å². The van der Waals surface area contributed by atoms with Crippen molar-refractivity contribution >= 4 is 74.8 Å². The number of thiazole rings is 1. The molecule has 4 N–H and O–H groups in total. The van der Waals surface area contributed by atoms with E-state index in [9.17, 15) is 28.3 Å². The first kappa shape index (κ1) is 24.3. The fraction of sp³-hybridized carbons (Fsp3) is 0.312. The first-order valence-electron chi connectivity index (χ1n) is 9.09. The molecule has 0 aliphatic carbocycles. The number of hydrogen-bond donors (Lipinski definition) is 3. The van der Waals surface area contributed by atoms with E-state index in [1.807, 2.05) is 0 Å². The van der Waals surface area contributed by atoms with Gasteiger partial charge in [0.15, 0.2) is 15.2 Å². The Bertz CT molecular complexity index is 1170. The number of carboxylic acid groups (broad SMARTS) is 1. The Kier molecular flexibility index (Phi) is 7.29. The van der Waals surface area contributed by atoms with Crippen molar-refractivity contribution < 1.29 is 33.1 Å². The van der Waals surface area contributed by atoms with Gasteiger partial charge in [-0.1, -0.05) is 28.3 Å². The van der Waals surface area contributed by atoms with E-state index in [0.717, 1.165) is 16.2 Å². The summed E-state index contributed by atoms with van der Waals surface area (Å²) in [6.07, 6.45) is 0. The largest absolute Gasteiger partial charge is 0.477 e. The number of carbonyl (C=O) groups is 3. The number of halogens is 2. The van der Waals surface area contributed by atoms with Crippen LogP contribution in [0.4, 0.5) is 13.9 Å². The second-order valence-corrected chi connectivity index (χ2v) is 10.5. The number of alkyl halides is 2. The maximum absolute atomic E-state index is 12.8. The van der Waals surface area contributed by atoms with Crippen molar-refractivity contribution in [2.24, 2.45) is 5.16 Å². The molecule has 0 radical (unpaired) electrons. The normalized spacial score (nSPS) is 20.3. The number of nitrogens with two attached hydrogens (primary N) is 1. The summed E-state index contributed by atoms with van der Waals surface area (Å²) in [5.41, 5.74) is 6.75. The number of aromatic nitrogens is 3. The Morgan fingerprint density at radius 3 is 2.85 bits per heavy atom. The molecule has 0 spiro atoms. The average Bonchev–Trinajstić information content (AvgIpc) is 3.47. The number of nitrogen functional groups attached to an aromatic ring is 1. The van der Waals surface area contributed by atoms with Crippen LogP contribution in [0.25, 0.3) is 0 Å². The van der Waals surface area contributed by atoms with Crippen molar-refractivity contribution in [3.8, 4) is 0 Å². The Morgan fingerprint density at radius 1 is 1.44 bits per heavy atom. The minimum absolute atomic E-state index is 0.0662. The van der Waals surface area contributed by atoms with Gasteiger partial charge in [-0.2, -0.15) is 8.78 Å². The van der Waals surface area contributed by atoms with Crippen LogP contribution in [-0.4, -0.2) is 78.2 Å².